The van der Waals surface area contributed by atoms with Gasteiger partial charge in [0.25, 0.3) is 0 Å². The lowest BCUT2D eigenvalue weighted by molar-refractivity contribution is -0.143. The van der Waals surface area contributed by atoms with Gasteiger partial charge in [-0.3, -0.25) is 9.89 Å². The fourth-order valence-electron chi connectivity index (χ4n) is 1.87. The summed E-state index contributed by atoms with van der Waals surface area (Å²) in [7, 11) is 1.41. The first-order valence-electron chi connectivity index (χ1n) is 5.27. The van der Waals surface area contributed by atoms with Crippen LogP contribution in [0.5, 0.6) is 0 Å². The maximum absolute atomic E-state index is 11.6. The van der Waals surface area contributed by atoms with Crippen LogP contribution in [0.1, 0.15) is 43.3 Å². The first kappa shape index (κ1) is 8.88. The third-order valence-corrected chi connectivity index (χ3v) is 3.22. The van der Waals surface area contributed by atoms with Gasteiger partial charge in [-0.25, -0.2) is 4.98 Å². The Morgan fingerprint density at radius 3 is 2.80 bits per heavy atom. The Morgan fingerprint density at radius 1 is 1.53 bits per heavy atom. The molecule has 0 unspecified atom stereocenters. The molecule has 2 saturated carbocycles. The van der Waals surface area contributed by atoms with Crippen molar-refractivity contribution >= 4 is 5.97 Å². The lowest BCUT2D eigenvalue weighted by Crippen LogP contribution is -2.23. The van der Waals surface area contributed by atoms with Crippen molar-refractivity contribution in [1.82, 2.24) is 15.2 Å². The van der Waals surface area contributed by atoms with Crippen LogP contribution in [0.2, 0.25) is 0 Å². The number of carbonyl (C=O) groups excluding carboxylic acids is 1. The van der Waals surface area contributed by atoms with Crippen LogP contribution < -0.4 is 0 Å². The van der Waals surface area contributed by atoms with Crippen molar-refractivity contribution in [2.75, 3.05) is 7.11 Å². The Balaban J connectivity index is 1.88. The predicted octanol–water partition coefficient (Wildman–Crippen LogP) is 0.887. The number of hydrogen-bond donors (Lipinski definition) is 1. The fraction of sp³-hybridized carbons (Fsp3) is 0.700. The van der Waals surface area contributed by atoms with E-state index in [1.807, 2.05) is 0 Å². The van der Waals surface area contributed by atoms with Crippen LogP contribution in [-0.4, -0.2) is 28.3 Å². The molecule has 0 aromatic carbocycles. The van der Waals surface area contributed by atoms with Gasteiger partial charge in [0.1, 0.15) is 11.2 Å². The summed E-state index contributed by atoms with van der Waals surface area (Å²) in [5.74, 6) is 1.89. The van der Waals surface area contributed by atoms with Crippen molar-refractivity contribution in [1.29, 1.82) is 0 Å². The molecule has 2 aliphatic rings. The number of methoxy groups -OCH3 is 1. The van der Waals surface area contributed by atoms with Crippen LogP contribution in [-0.2, 0) is 14.9 Å². The van der Waals surface area contributed by atoms with Crippen molar-refractivity contribution in [3.8, 4) is 0 Å². The van der Waals surface area contributed by atoms with Crippen LogP contribution in [0.3, 0.4) is 0 Å². The molecular formula is C10H13N3O2. The van der Waals surface area contributed by atoms with Crippen molar-refractivity contribution in [2.24, 2.45) is 0 Å². The molecule has 15 heavy (non-hydrogen) atoms. The van der Waals surface area contributed by atoms with Gasteiger partial charge < -0.3 is 4.74 Å². The molecule has 5 heteroatoms. The van der Waals surface area contributed by atoms with Gasteiger partial charge in [-0.2, -0.15) is 5.10 Å². The molecule has 0 radical (unpaired) electrons. The van der Waals surface area contributed by atoms with Gasteiger partial charge in [-0.1, -0.05) is 0 Å². The van der Waals surface area contributed by atoms with Crippen LogP contribution in [0.25, 0.3) is 0 Å². The molecule has 0 saturated heterocycles. The van der Waals surface area contributed by atoms with E-state index in [1.165, 1.54) is 20.0 Å². The van der Waals surface area contributed by atoms with E-state index in [9.17, 15) is 4.79 Å². The number of hydrogen-bond acceptors (Lipinski definition) is 4. The maximum Gasteiger partial charge on any atom is 0.319 e. The van der Waals surface area contributed by atoms with E-state index in [4.69, 9.17) is 4.74 Å². The highest BCUT2D eigenvalue weighted by Gasteiger charge is 2.56. The molecule has 1 N–H and O–H groups in total. The van der Waals surface area contributed by atoms with Crippen LogP contribution in [0.4, 0.5) is 0 Å². The van der Waals surface area contributed by atoms with Gasteiger partial charge in [0.2, 0.25) is 0 Å². The monoisotopic (exact) mass is 207 g/mol. The molecule has 0 atom stereocenters. The van der Waals surface area contributed by atoms with Crippen molar-refractivity contribution in [3.05, 3.63) is 11.6 Å². The topological polar surface area (TPSA) is 67.9 Å². The van der Waals surface area contributed by atoms with E-state index < -0.39 is 5.41 Å². The Labute approximate surface area is 87.2 Å². The first-order chi connectivity index (χ1) is 7.26. The zero-order valence-corrected chi connectivity index (χ0v) is 8.62. The van der Waals surface area contributed by atoms with E-state index in [-0.39, 0.29) is 5.97 Å². The van der Waals surface area contributed by atoms with Crippen molar-refractivity contribution < 1.29 is 9.53 Å². The fourth-order valence-corrected chi connectivity index (χ4v) is 1.87. The number of aromatic amines is 1. The van der Waals surface area contributed by atoms with Gasteiger partial charge >= 0.3 is 5.97 Å². The molecule has 1 aromatic rings. The summed E-state index contributed by atoms with van der Waals surface area (Å²) in [4.78, 5) is 16.0. The highest BCUT2D eigenvalue weighted by molar-refractivity contribution is 5.85. The molecule has 2 fully saturated rings. The normalized spacial score (nSPS) is 22.5. The average Bonchev–Trinajstić information content (AvgIpc) is 3.18. The van der Waals surface area contributed by atoms with E-state index >= 15 is 0 Å². The second-order valence-corrected chi connectivity index (χ2v) is 4.39. The highest BCUT2D eigenvalue weighted by atomic mass is 16.5. The summed E-state index contributed by atoms with van der Waals surface area (Å²) < 4.78 is 4.78. The minimum Gasteiger partial charge on any atom is -0.468 e. The largest absolute Gasteiger partial charge is 0.468 e. The summed E-state index contributed by atoms with van der Waals surface area (Å²) >= 11 is 0. The highest BCUT2D eigenvalue weighted by Crippen LogP contribution is 2.48. The number of esters is 1. The molecule has 1 heterocycles. The summed E-state index contributed by atoms with van der Waals surface area (Å²) in [5.41, 5.74) is -0.529. The average molecular weight is 207 g/mol. The molecule has 5 nitrogen and oxygen atoms in total. The summed E-state index contributed by atoms with van der Waals surface area (Å²) in [6.07, 6.45) is 3.98. The minimum absolute atomic E-state index is 0.205. The predicted molar refractivity (Wildman–Crippen MR) is 51.3 cm³/mol. The molecule has 2 aliphatic carbocycles. The van der Waals surface area contributed by atoms with Gasteiger partial charge in [0.15, 0.2) is 5.82 Å². The molecule has 0 bridgehead atoms. The van der Waals surface area contributed by atoms with E-state index in [2.05, 4.69) is 15.2 Å². The Kier molecular flexibility index (Phi) is 1.66. The zero-order valence-electron chi connectivity index (χ0n) is 8.62. The van der Waals surface area contributed by atoms with Gasteiger partial charge in [-0.05, 0) is 25.7 Å². The molecule has 80 valence electrons. The molecule has 0 spiro atoms. The van der Waals surface area contributed by atoms with E-state index in [1.54, 1.807) is 0 Å². The van der Waals surface area contributed by atoms with Gasteiger partial charge in [-0.15, -0.1) is 0 Å². The smallest absolute Gasteiger partial charge is 0.319 e. The second-order valence-electron chi connectivity index (χ2n) is 4.39. The molecule has 0 amide bonds. The van der Waals surface area contributed by atoms with Crippen LogP contribution in [0, 0.1) is 0 Å². The third kappa shape index (κ3) is 1.26. The summed E-state index contributed by atoms with van der Waals surface area (Å²) in [6, 6.07) is 0. The van der Waals surface area contributed by atoms with Gasteiger partial charge in [0, 0.05) is 5.92 Å². The van der Waals surface area contributed by atoms with Crippen LogP contribution in [0.15, 0.2) is 0 Å². The SMILES string of the molecule is COC(=O)C1(c2n[nH]c(C3CC3)n2)CC1. The number of nitrogens with one attached hydrogen (secondary N) is 1. The molecule has 0 aliphatic heterocycles. The van der Waals surface area contributed by atoms with Gasteiger partial charge in [0.05, 0.1) is 7.11 Å². The Bertz CT molecular complexity index is 405. The van der Waals surface area contributed by atoms with Crippen LogP contribution >= 0.6 is 0 Å². The quantitative estimate of drug-likeness (QED) is 0.747. The standard InChI is InChI=1S/C10H13N3O2/c1-15-9(14)10(4-5-10)8-11-7(12-13-8)6-2-3-6/h6H,2-5H2,1H3,(H,11,12,13). The lowest BCUT2D eigenvalue weighted by Gasteiger charge is -2.06. The van der Waals surface area contributed by atoms with E-state index in [0.717, 1.165) is 18.7 Å². The molecule has 3 rings (SSSR count). The first-order valence-corrected chi connectivity index (χ1v) is 5.27. The maximum atomic E-state index is 11.6. The number of aromatic nitrogens is 3. The zero-order chi connectivity index (χ0) is 10.5. The Hall–Kier alpha value is -1.39. The summed E-state index contributed by atoms with van der Waals surface area (Å²) in [6.45, 7) is 0. The lowest BCUT2D eigenvalue weighted by atomic mass is 10.1. The minimum atomic E-state index is -0.529. The number of H-pyrrole nitrogens is 1. The van der Waals surface area contributed by atoms with Crippen molar-refractivity contribution in [3.63, 3.8) is 0 Å². The van der Waals surface area contributed by atoms with Crippen molar-refractivity contribution in [2.45, 2.75) is 37.0 Å². The number of nitrogens with zero attached hydrogens (tertiary/aromatic N) is 2. The summed E-state index contributed by atoms with van der Waals surface area (Å²) in [5, 5.41) is 7.07. The number of carbonyl (C=O) groups is 1. The second kappa shape index (κ2) is 2.81. The van der Waals surface area contributed by atoms with E-state index in [0.29, 0.717) is 11.7 Å². The molecular weight excluding hydrogens is 194 g/mol. The molecule has 1 aromatic heterocycles. The Morgan fingerprint density at radius 2 is 2.27 bits per heavy atom. The number of rotatable bonds is 3. The third-order valence-electron chi connectivity index (χ3n) is 3.22. The number of ether oxygens (including phenoxy) is 1.